The zero-order valence-electron chi connectivity index (χ0n) is 11.9. The minimum atomic E-state index is -3.59. The van der Waals surface area contributed by atoms with Crippen LogP contribution in [0.25, 0.3) is 0 Å². The molecule has 0 bridgehead atoms. The summed E-state index contributed by atoms with van der Waals surface area (Å²) in [6.07, 6.45) is 1.61. The molecule has 0 aromatic heterocycles. The molecular formula is C14H21NO4S. The van der Waals surface area contributed by atoms with E-state index in [2.05, 4.69) is 0 Å². The van der Waals surface area contributed by atoms with E-state index in [-0.39, 0.29) is 11.5 Å². The number of aliphatic hydroxyl groups is 1. The topological polar surface area (TPSA) is 66.8 Å². The molecule has 0 aliphatic carbocycles. The first-order chi connectivity index (χ1) is 9.43. The predicted molar refractivity (Wildman–Crippen MR) is 75.8 cm³/mol. The quantitative estimate of drug-likeness (QED) is 0.912. The van der Waals surface area contributed by atoms with Crippen molar-refractivity contribution in [2.45, 2.75) is 36.9 Å². The predicted octanol–water partition coefficient (Wildman–Crippen LogP) is 1.37. The highest BCUT2D eigenvalue weighted by Crippen LogP contribution is 2.29. The van der Waals surface area contributed by atoms with E-state index >= 15 is 0 Å². The minimum absolute atomic E-state index is 0.183. The number of rotatable bonds is 4. The Morgan fingerprint density at radius 2 is 2.10 bits per heavy atom. The highest BCUT2D eigenvalue weighted by atomic mass is 32.2. The highest BCUT2D eigenvalue weighted by Gasteiger charge is 2.37. The number of aliphatic hydroxyl groups excluding tert-OH is 1. The standard InChI is InChI=1S/C14H21NO4S/c1-14(19-2)8-5-9-15(11-14)20(17,18)13-7-4-3-6-12(13)10-16/h3-4,6-7,16H,5,8-11H2,1-2H3. The number of hydrogen-bond donors (Lipinski definition) is 1. The molecule has 1 aromatic carbocycles. The average Bonchev–Trinajstić information content (AvgIpc) is 2.47. The van der Waals surface area contributed by atoms with Crippen LogP contribution in [0.15, 0.2) is 29.2 Å². The van der Waals surface area contributed by atoms with Gasteiger partial charge in [-0.25, -0.2) is 8.42 Å². The Kier molecular flexibility index (Phi) is 4.49. The van der Waals surface area contributed by atoms with Crippen LogP contribution in [0.4, 0.5) is 0 Å². The van der Waals surface area contributed by atoms with Crippen molar-refractivity contribution < 1.29 is 18.3 Å². The summed E-state index contributed by atoms with van der Waals surface area (Å²) in [7, 11) is -1.98. The molecule has 1 unspecified atom stereocenters. The Morgan fingerprint density at radius 3 is 2.75 bits per heavy atom. The van der Waals surface area contributed by atoms with Crippen LogP contribution in [0.2, 0.25) is 0 Å². The van der Waals surface area contributed by atoms with Crippen molar-refractivity contribution in [1.82, 2.24) is 4.31 Å². The van der Waals surface area contributed by atoms with Crippen LogP contribution in [-0.4, -0.2) is 43.6 Å². The first-order valence-corrected chi connectivity index (χ1v) is 8.11. The average molecular weight is 299 g/mol. The van der Waals surface area contributed by atoms with Crippen LogP contribution >= 0.6 is 0 Å². The van der Waals surface area contributed by atoms with E-state index < -0.39 is 15.6 Å². The molecule has 0 amide bonds. The molecule has 1 aromatic rings. The molecule has 1 saturated heterocycles. The Hall–Kier alpha value is -0.950. The first-order valence-electron chi connectivity index (χ1n) is 6.67. The van der Waals surface area contributed by atoms with Crippen molar-refractivity contribution in [3.63, 3.8) is 0 Å². The second kappa shape index (κ2) is 5.81. The van der Waals surface area contributed by atoms with Crippen molar-refractivity contribution in [2.75, 3.05) is 20.2 Å². The fourth-order valence-electron chi connectivity index (χ4n) is 2.56. The summed E-state index contributed by atoms with van der Waals surface area (Å²) in [5.74, 6) is 0. The van der Waals surface area contributed by atoms with Gasteiger partial charge in [0.15, 0.2) is 0 Å². The maximum Gasteiger partial charge on any atom is 0.243 e. The largest absolute Gasteiger partial charge is 0.392 e. The maximum atomic E-state index is 12.7. The van der Waals surface area contributed by atoms with Crippen molar-refractivity contribution in [2.24, 2.45) is 0 Å². The van der Waals surface area contributed by atoms with Gasteiger partial charge in [0.2, 0.25) is 10.0 Å². The van der Waals surface area contributed by atoms with Gasteiger partial charge in [0.25, 0.3) is 0 Å². The van der Waals surface area contributed by atoms with Crippen molar-refractivity contribution in [3.8, 4) is 0 Å². The fourth-order valence-corrected chi connectivity index (χ4v) is 4.36. The SMILES string of the molecule is COC1(C)CCCN(S(=O)(=O)c2ccccc2CO)C1. The second-order valence-electron chi connectivity index (χ2n) is 5.36. The Morgan fingerprint density at radius 1 is 1.40 bits per heavy atom. The highest BCUT2D eigenvalue weighted by molar-refractivity contribution is 7.89. The maximum absolute atomic E-state index is 12.7. The third-order valence-corrected chi connectivity index (χ3v) is 5.82. The lowest BCUT2D eigenvalue weighted by Gasteiger charge is -2.38. The van der Waals surface area contributed by atoms with Gasteiger partial charge in [0.05, 0.1) is 17.1 Å². The number of nitrogens with zero attached hydrogens (tertiary/aromatic N) is 1. The number of benzene rings is 1. The zero-order chi connectivity index (χ0) is 14.8. The number of piperidine rings is 1. The molecule has 6 heteroatoms. The summed E-state index contributed by atoms with van der Waals surface area (Å²) in [4.78, 5) is 0.183. The second-order valence-corrected chi connectivity index (χ2v) is 7.27. The van der Waals surface area contributed by atoms with Gasteiger partial charge < -0.3 is 9.84 Å². The molecule has 1 N–H and O–H groups in total. The van der Waals surface area contributed by atoms with Crippen LogP contribution in [0.3, 0.4) is 0 Å². The molecule has 1 heterocycles. The minimum Gasteiger partial charge on any atom is -0.392 e. The van der Waals surface area contributed by atoms with Gasteiger partial charge in [0, 0.05) is 20.2 Å². The summed E-state index contributed by atoms with van der Waals surface area (Å²) in [5.41, 5.74) is -0.0170. The lowest BCUT2D eigenvalue weighted by molar-refractivity contribution is -0.0319. The van der Waals surface area contributed by atoms with E-state index in [1.165, 1.54) is 4.31 Å². The molecule has 5 nitrogen and oxygen atoms in total. The number of ether oxygens (including phenoxy) is 1. The van der Waals surface area contributed by atoms with E-state index in [0.717, 1.165) is 12.8 Å². The molecule has 1 aliphatic rings. The van der Waals surface area contributed by atoms with Gasteiger partial charge >= 0.3 is 0 Å². The third-order valence-electron chi connectivity index (χ3n) is 3.88. The van der Waals surface area contributed by atoms with E-state index in [0.29, 0.717) is 18.7 Å². The Bertz CT molecular complexity index is 572. The molecule has 0 radical (unpaired) electrons. The summed E-state index contributed by atoms with van der Waals surface area (Å²) in [5, 5.41) is 9.32. The van der Waals surface area contributed by atoms with E-state index in [4.69, 9.17) is 4.74 Å². The fraction of sp³-hybridized carbons (Fsp3) is 0.571. The molecule has 112 valence electrons. The third kappa shape index (κ3) is 2.88. The van der Waals surface area contributed by atoms with E-state index in [1.807, 2.05) is 6.92 Å². The normalized spacial score (nSPS) is 24.8. The van der Waals surface area contributed by atoms with Crippen LogP contribution in [0.5, 0.6) is 0 Å². The lowest BCUT2D eigenvalue weighted by atomic mass is 9.96. The van der Waals surface area contributed by atoms with Gasteiger partial charge in [-0.3, -0.25) is 0 Å². The molecule has 2 rings (SSSR count). The smallest absolute Gasteiger partial charge is 0.243 e. The monoisotopic (exact) mass is 299 g/mol. The van der Waals surface area contributed by atoms with Crippen molar-refractivity contribution in [1.29, 1.82) is 0 Å². The van der Waals surface area contributed by atoms with Gasteiger partial charge in [-0.05, 0) is 31.4 Å². The number of sulfonamides is 1. The molecule has 1 aliphatic heterocycles. The lowest BCUT2D eigenvalue weighted by Crippen LogP contribution is -2.49. The molecule has 1 fully saturated rings. The van der Waals surface area contributed by atoms with E-state index in [1.54, 1.807) is 31.4 Å². The molecule has 1 atom stereocenters. The Balaban J connectivity index is 2.35. The van der Waals surface area contributed by atoms with Crippen LogP contribution < -0.4 is 0 Å². The van der Waals surface area contributed by atoms with Crippen LogP contribution in [0.1, 0.15) is 25.3 Å². The van der Waals surface area contributed by atoms with E-state index in [9.17, 15) is 13.5 Å². The molecule has 0 spiro atoms. The molecule has 20 heavy (non-hydrogen) atoms. The van der Waals surface area contributed by atoms with Crippen molar-refractivity contribution in [3.05, 3.63) is 29.8 Å². The molecule has 0 saturated carbocycles. The van der Waals surface area contributed by atoms with Gasteiger partial charge in [0.1, 0.15) is 0 Å². The van der Waals surface area contributed by atoms with Crippen molar-refractivity contribution >= 4 is 10.0 Å². The summed E-state index contributed by atoms with van der Waals surface area (Å²) in [6.45, 7) is 2.46. The first kappa shape index (κ1) is 15.4. The summed E-state index contributed by atoms with van der Waals surface area (Å²) < 4.78 is 32.4. The number of hydrogen-bond acceptors (Lipinski definition) is 4. The van der Waals surface area contributed by atoms with Gasteiger partial charge in [-0.15, -0.1) is 0 Å². The summed E-state index contributed by atoms with van der Waals surface area (Å²) >= 11 is 0. The zero-order valence-corrected chi connectivity index (χ0v) is 12.7. The summed E-state index contributed by atoms with van der Waals surface area (Å²) in [6, 6.07) is 6.57. The molecular weight excluding hydrogens is 278 g/mol. The Labute approximate surface area is 120 Å². The number of methoxy groups -OCH3 is 1. The van der Waals surface area contributed by atoms with Gasteiger partial charge in [-0.1, -0.05) is 18.2 Å². The van der Waals surface area contributed by atoms with Crippen LogP contribution in [0, 0.1) is 0 Å². The van der Waals surface area contributed by atoms with Crippen LogP contribution in [-0.2, 0) is 21.4 Å². The van der Waals surface area contributed by atoms with Gasteiger partial charge in [-0.2, -0.15) is 4.31 Å².